The van der Waals surface area contributed by atoms with E-state index in [0.717, 1.165) is 0 Å². The second-order valence-electron chi connectivity index (χ2n) is 4.49. The van der Waals surface area contributed by atoms with Gasteiger partial charge in [0.1, 0.15) is 5.75 Å². The van der Waals surface area contributed by atoms with E-state index in [1.165, 1.54) is 4.90 Å². The number of rotatable bonds is 3. The number of ether oxygens (including phenoxy) is 1. The molecular formula is C13H14Cl2N2O3. The smallest absolute Gasteiger partial charge is 0.261 e. The van der Waals surface area contributed by atoms with Crippen LogP contribution in [0.2, 0.25) is 10.0 Å². The van der Waals surface area contributed by atoms with E-state index >= 15 is 0 Å². The van der Waals surface area contributed by atoms with Gasteiger partial charge in [0.05, 0.1) is 11.6 Å². The molecule has 0 unspecified atom stereocenters. The van der Waals surface area contributed by atoms with E-state index in [0.29, 0.717) is 28.9 Å². The highest BCUT2D eigenvalue weighted by Gasteiger charge is 2.25. The molecule has 0 aliphatic carbocycles. The first-order chi connectivity index (χ1) is 9.47. The lowest BCUT2D eigenvalue weighted by atomic mass is 10.3. The molecule has 1 aromatic rings. The Bertz CT molecular complexity index is 536. The Morgan fingerprint density at radius 3 is 2.75 bits per heavy atom. The Morgan fingerprint density at radius 2 is 2.10 bits per heavy atom. The summed E-state index contributed by atoms with van der Waals surface area (Å²) >= 11 is 11.7. The van der Waals surface area contributed by atoms with E-state index in [1.807, 2.05) is 0 Å². The first-order valence-electron chi connectivity index (χ1n) is 6.07. The van der Waals surface area contributed by atoms with Crippen molar-refractivity contribution in [1.29, 1.82) is 0 Å². The van der Waals surface area contributed by atoms with Crippen molar-refractivity contribution in [3.8, 4) is 5.75 Å². The fraction of sp³-hybridized carbons (Fsp3) is 0.385. The quantitative estimate of drug-likeness (QED) is 0.852. The normalized spacial score (nSPS) is 15.4. The van der Waals surface area contributed by atoms with Crippen molar-refractivity contribution < 1.29 is 14.3 Å². The summed E-state index contributed by atoms with van der Waals surface area (Å²) in [6.07, 6.45) is 0. The van der Waals surface area contributed by atoms with Gasteiger partial charge >= 0.3 is 0 Å². The number of hydrogen-bond acceptors (Lipinski definition) is 3. The molecule has 1 aliphatic rings. The molecule has 1 aliphatic heterocycles. The largest absolute Gasteiger partial charge is 0.482 e. The van der Waals surface area contributed by atoms with Gasteiger partial charge in [-0.15, -0.1) is 0 Å². The van der Waals surface area contributed by atoms with E-state index in [9.17, 15) is 9.59 Å². The van der Waals surface area contributed by atoms with E-state index in [-0.39, 0.29) is 25.0 Å². The molecule has 0 N–H and O–H groups in total. The fourth-order valence-electron chi connectivity index (χ4n) is 1.79. The number of halogens is 2. The van der Waals surface area contributed by atoms with Gasteiger partial charge in [-0.25, -0.2) is 0 Å². The number of benzene rings is 1. The maximum absolute atomic E-state index is 12.0. The number of likely N-dealkylation sites (N-methyl/N-ethyl adjacent to an activating group) is 1. The summed E-state index contributed by atoms with van der Waals surface area (Å²) in [5, 5.41) is 0.845. The molecule has 0 atom stereocenters. The first-order valence-corrected chi connectivity index (χ1v) is 6.82. The van der Waals surface area contributed by atoms with Gasteiger partial charge in [-0.1, -0.05) is 23.2 Å². The maximum atomic E-state index is 12.0. The Balaban J connectivity index is 1.90. The third-order valence-electron chi connectivity index (χ3n) is 3.05. The van der Waals surface area contributed by atoms with Crippen LogP contribution in [0.15, 0.2) is 18.2 Å². The minimum Gasteiger partial charge on any atom is -0.482 e. The van der Waals surface area contributed by atoms with Crippen LogP contribution in [-0.4, -0.2) is 54.9 Å². The third-order valence-corrected chi connectivity index (χ3v) is 3.59. The minimum absolute atomic E-state index is 0.0749. The van der Waals surface area contributed by atoms with Crippen LogP contribution >= 0.6 is 23.2 Å². The van der Waals surface area contributed by atoms with Crippen molar-refractivity contribution in [2.45, 2.75) is 0 Å². The molecule has 7 heteroatoms. The van der Waals surface area contributed by atoms with Crippen molar-refractivity contribution in [3.05, 3.63) is 28.2 Å². The summed E-state index contributed by atoms with van der Waals surface area (Å²) < 4.78 is 5.36. The monoisotopic (exact) mass is 316 g/mol. The van der Waals surface area contributed by atoms with Gasteiger partial charge in [-0.3, -0.25) is 9.59 Å². The molecule has 1 aromatic carbocycles. The predicted octanol–water partition coefficient (Wildman–Crippen LogP) is 1.67. The Labute approximate surface area is 127 Å². The molecular weight excluding hydrogens is 303 g/mol. The lowest BCUT2D eigenvalue weighted by molar-refractivity contribution is -0.145. The molecule has 108 valence electrons. The minimum atomic E-state index is -0.238. The van der Waals surface area contributed by atoms with Crippen LogP contribution in [0.25, 0.3) is 0 Å². The number of hydrogen-bond donors (Lipinski definition) is 0. The van der Waals surface area contributed by atoms with Crippen LogP contribution in [-0.2, 0) is 9.59 Å². The van der Waals surface area contributed by atoms with Crippen LogP contribution in [0.3, 0.4) is 0 Å². The lowest BCUT2D eigenvalue weighted by Crippen LogP contribution is -2.51. The molecule has 0 bridgehead atoms. The molecule has 1 heterocycles. The lowest BCUT2D eigenvalue weighted by Gasteiger charge is -2.31. The second kappa shape index (κ2) is 6.33. The SMILES string of the molecule is CN1CCN(C(=O)COc2ccc(Cl)cc2Cl)CC1=O. The zero-order valence-electron chi connectivity index (χ0n) is 10.9. The first kappa shape index (κ1) is 14.9. The second-order valence-corrected chi connectivity index (χ2v) is 5.34. The third kappa shape index (κ3) is 3.55. The van der Waals surface area contributed by atoms with E-state index in [2.05, 4.69) is 0 Å². The van der Waals surface area contributed by atoms with Gasteiger partial charge in [0, 0.05) is 25.2 Å². The number of carbonyl (C=O) groups excluding carboxylic acids is 2. The van der Waals surface area contributed by atoms with Crippen LogP contribution in [0.4, 0.5) is 0 Å². The number of piperazine rings is 1. The summed E-state index contributed by atoms with van der Waals surface area (Å²) in [6.45, 7) is 0.983. The highest BCUT2D eigenvalue weighted by atomic mass is 35.5. The van der Waals surface area contributed by atoms with Gasteiger partial charge < -0.3 is 14.5 Å². The van der Waals surface area contributed by atoms with Gasteiger partial charge in [0.15, 0.2) is 6.61 Å². The van der Waals surface area contributed by atoms with Crippen LogP contribution in [0.5, 0.6) is 5.75 Å². The average Bonchev–Trinajstić information content (AvgIpc) is 2.40. The van der Waals surface area contributed by atoms with Gasteiger partial charge in [0.25, 0.3) is 5.91 Å². The van der Waals surface area contributed by atoms with Gasteiger partial charge in [-0.2, -0.15) is 0 Å². The number of carbonyl (C=O) groups is 2. The Kier molecular flexibility index (Phi) is 4.73. The summed E-state index contributed by atoms with van der Waals surface area (Å²) in [7, 11) is 1.72. The molecule has 0 spiro atoms. The van der Waals surface area contributed by atoms with Gasteiger partial charge in [0.2, 0.25) is 5.91 Å². The van der Waals surface area contributed by atoms with Crippen molar-refractivity contribution in [2.24, 2.45) is 0 Å². The van der Waals surface area contributed by atoms with Gasteiger partial charge in [-0.05, 0) is 18.2 Å². The summed E-state index contributed by atoms with van der Waals surface area (Å²) in [4.78, 5) is 26.6. The summed E-state index contributed by atoms with van der Waals surface area (Å²) in [5.74, 6) is 0.0801. The van der Waals surface area contributed by atoms with Crippen molar-refractivity contribution in [2.75, 3.05) is 33.3 Å². The summed E-state index contributed by atoms with van der Waals surface area (Å²) in [6, 6.07) is 4.78. The highest BCUT2D eigenvalue weighted by Crippen LogP contribution is 2.27. The molecule has 2 amide bonds. The molecule has 5 nitrogen and oxygen atoms in total. The molecule has 0 aromatic heterocycles. The molecule has 0 saturated carbocycles. The zero-order chi connectivity index (χ0) is 14.7. The molecule has 1 saturated heterocycles. The van der Waals surface area contributed by atoms with E-state index in [4.69, 9.17) is 27.9 Å². The Hall–Kier alpha value is -1.46. The van der Waals surface area contributed by atoms with Crippen LogP contribution in [0.1, 0.15) is 0 Å². The predicted molar refractivity (Wildman–Crippen MR) is 76.2 cm³/mol. The van der Waals surface area contributed by atoms with Crippen molar-refractivity contribution in [3.63, 3.8) is 0 Å². The van der Waals surface area contributed by atoms with Crippen molar-refractivity contribution >= 4 is 35.0 Å². The topological polar surface area (TPSA) is 49.9 Å². The zero-order valence-corrected chi connectivity index (χ0v) is 12.4. The fourth-order valence-corrected chi connectivity index (χ4v) is 2.26. The molecule has 1 fully saturated rings. The average molecular weight is 317 g/mol. The van der Waals surface area contributed by atoms with E-state index in [1.54, 1.807) is 30.1 Å². The standard InChI is InChI=1S/C13H14Cl2N2O3/c1-16-4-5-17(7-12(16)18)13(19)8-20-11-3-2-9(14)6-10(11)15/h2-3,6H,4-5,7-8H2,1H3. The highest BCUT2D eigenvalue weighted by molar-refractivity contribution is 6.35. The van der Waals surface area contributed by atoms with E-state index < -0.39 is 0 Å². The van der Waals surface area contributed by atoms with Crippen LogP contribution in [0, 0.1) is 0 Å². The molecule has 0 radical (unpaired) electrons. The maximum Gasteiger partial charge on any atom is 0.261 e. The van der Waals surface area contributed by atoms with Crippen LogP contribution < -0.4 is 4.74 Å². The molecule has 2 rings (SSSR count). The number of nitrogens with zero attached hydrogens (tertiary/aromatic N) is 2. The summed E-state index contributed by atoms with van der Waals surface area (Å²) in [5.41, 5.74) is 0. The number of amides is 2. The Morgan fingerprint density at radius 1 is 1.35 bits per heavy atom. The molecule has 20 heavy (non-hydrogen) atoms. The van der Waals surface area contributed by atoms with Crippen molar-refractivity contribution in [1.82, 2.24) is 9.80 Å².